The zero-order valence-corrected chi connectivity index (χ0v) is 42.0. The van der Waals surface area contributed by atoms with Crippen molar-refractivity contribution in [3.63, 3.8) is 0 Å². The van der Waals surface area contributed by atoms with Crippen molar-refractivity contribution < 1.29 is 4.42 Å². The van der Waals surface area contributed by atoms with Crippen molar-refractivity contribution in [3.8, 4) is 33.4 Å². The Kier molecular flexibility index (Phi) is 9.47. The predicted molar refractivity (Wildman–Crippen MR) is 317 cm³/mol. The van der Waals surface area contributed by atoms with Gasteiger partial charge in [0.15, 0.2) is 5.58 Å². The molecule has 1 aliphatic heterocycles. The van der Waals surface area contributed by atoms with Crippen LogP contribution in [0.1, 0.15) is 44.5 Å². The van der Waals surface area contributed by atoms with Gasteiger partial charge in [0.1, 0.15) is 5.58 Å². The summed E-state index contributed by atoms with van der Waals surface area (Å²) in [6.45, 7) is 0. The highest BCUT2D eigenvalue weighted by atomic mass is 16.3. The molecule has 0 amide bonds. The van der Waals surface area contributed by atoms with Crippen LogP contribution >= 0.6 is 0 Å². The van der Waals surface area contributed by atoms with Crippen molar-refractivity contribution >= 4 is 56.1 Å². The molecule has 2 aliphatic carbocycles. The third kappa shape index (κ3) is 6.02. The van der Waals surface area contributed by atoms with Crippen molar-refractivity contribution in [2.45, 2.75) is 10.8 Å². The lowest BCUT2D eigenvalue weighted by Gasteiger charge is -2.45. The average Bonchev–Trinajstić information content (AvgIpc) is 4.23. The number of hydrogen-bond acceptors (Lipinski definition) is 3. The molecule has 0 radical (unpaired) electrons. The lowest BCUT2D eigenvalue weighted by Crippen LogP contribution is -2.36. The lowest BCUT2D eigenvalue weighted by atomic mass is 9.64. The molecule has 0 saturated carbocycles. The first-order valence-electron chi connectivity index (χ1n) is 26.7. The normalized spacial score (nSPS) is 15.1. The van der Waals surface area contributed by atoms with E-state index in [1.807, 2.05) is 0 Å². The van der Waals surface area contributed by atoms with Crippen LogP contribution in [0.5, 0.6) is 0 Å². The summed E-state index contributed by atoms with van der Waals surface area (Å²) in [4.78, 5) is 4.96. The van der Waals surface area contributed by atoms with Gasteiger partial charge in [-0.2, -0.15) is 0 Å². The van der Waals surface area contributed by atoms with Crippen molar-refractivity contribution in [2.24, 2.45) is 0 Å². The first-order chi connectivity index (χ1) is 38.2. The van der Waals surface area contributed by atoms with E-state index in [0.29, 0.717) is 0 Å². The van der Waals surface area contributed by atoms with E-state index >= 15 is 0 Å². The minimum atomic E-state index is -0.712. The summed E-state index contributed by atoms with van der Waals surface area (Å²) in [5, 5.41) is 2.17. The van der Waals surface area contributed by atoms with Crippen molar-refractivity contribution in [1.82, 2.24) is 0 Å². The van der Waals surface area contributed by atoms with Crippen molar-refractivity contribution in [1.29, 1.82) is 0 Å². The van der Waals surface area contributed by atoms with Gasteiger partial charge in [-0.25, -0.2) is 0 Å². The summed E-state index contributed by atoms with van der Waals surface area (Å²) in [7, 11) is 0. The molecule has 360 valence electrons. The Morgan fingerprint density at radius 2 is 0.857 bits per heavy atom. The molecule has 0 spiro atoms. The molecule has 3 aliphatic rings. The minimum absolute atomic E-state index is 0.598. The molecule has 77 heavy (non-hydrogen) atoms. The van der Waals surface area contributed by atoms with Gasteiger partial charge in [-0.15, -0.1) is 0 Å². The number of hydrogen-bond donors (Lipinski definition) is 0. The van der Waals surface area contributed by atoms with Gasteiger partial charge in [0.05, 0.1) is 27.9 Å². The molecule has 0 bridgehead atoms. The zero-order chi connectivity index (χ0) is 50.7. The van der Waals surface area contributed by atoms with Gasteiger partial charge in [-0.1, -0.05) is 231 Å². The monoisotopic (exact) mass is 980 g/mol. The van der Waals surface area contributed by atoms with Crippen LogP contribution in [0, 0.1) is 0 Å². The number of para-hydroxylation sites is 4. The molecule has 16 rings (SSSR count). The van der Waals surface area contributed by atoms with E-state index in [1.54, 1.807) is 0 Å². The van der Waals surface area contributed by atoms with E-state index in [4.69, 9.17) is 4.42 Å². The van der Waals surface area contributed by atoms with Crippen LogP contribution in [0.4, 0.5) is 34.1 Å². The Hall–Kier alpha value is -9.96. The second-order valence-electron chi connectivity index (χ2n) is 20.6. The topological polar surface area (TPSA) is 19.6 Å². The molecular formula is C74H48N2O. The van der Waals surface area contributed by atoms with Crippen LogP contribution in [-0.2, 0) is 10.8 Å². The van der Waals surface area contributed by atoms with Crippen molar-refractivity contribution in [2.75, 3.05) is 9.80 Å². The molecule has 2 heterocycles. The Balaban J connectivity index is 1.02. The van der Waals surface area contributed by atoms with Crippen LogP contribution in [-0.4, -0.2) is 0 Å². The van der Waals surface area contributed by atoms with Crippen LogP contribution in [0.3, 0.4) is 0 Å². The van der Waals surface area contributed by atoms with Gasteiger partial charge >= 0.3 is 0 Å². The third-order valence-electron chi connectivity index (χ3n) is 16.9. The van der Waals surface area contributed by atoms with E-state index in [-0.39, 0.29) is 0 Å². The van der Waals surface area contributed by atoms with Crippen LogP contribution in [0.15, 0.2) is 296 Å². The predicted octanol–water partition coefficient (Wildman–Crippen LogP) is 19.2. The molecule has 1 unspecified atom stereocenters. The molecule has 0 N–H and O–H groups in total. The fourth-order valence-electron chi connectivity index (χ4n) is 13.9. The number of rotatable bonds is 8. The van der Waals surface area contributed by atoms with Gasteiger partial charge in [0.2, 0.25) is 0 Å². The zero-order valence-electron chi connectivity index (χ0n) is 42.0. The quantitative estimate of drug-likeness (QED) is 0.151. The Bertz CT molecular complexity index is 4410. The van der Waals surface area contributed by atoms with Gasteiger partial charge in [0, 0.05) is 33.4 Å². The van der Waals surface area contributed by atoms with Crippen LogP contribution in [0.25, 0.3) is 55.3 Å². The van der Waals surface area contributed by atoms with E-state index in [2.05, 4.69) is 301 Å². The Morgan fingerprint density at radius 1 is 0.338 bits per heavy atom. The molecule has 3 heteroatoms. The standard InChI is InChI=1S/C74H48N2O/c1-6-23-49(24-7-1)56-45-46-67-71-70(56)61-44-42-55(48-65(61)74(71,52-29-12-4-13-30-52)63-37-19-20-38-66(63)76(67)53-31-14-5-15-32-53)75(68-39-22-35-60-59-34-17-21-40-69(59)77-72(60)68)54-41-43-58-57-33-16-18-36-62(57)73(64(58)47-54,50-25-8-2-9-26-50)51-27-10-3-11-28-51/h1-48H. The van der Waals surface area contributed by atoms with Gasteiger partial charge < -0.3 is 14.2 Å². The van der Waals surface area contributed by atoms with E-state index in [0.717, 1.165) is 50.4 Å². The number of benzene rings is 12. The van der Waals surface area contributed by atoms with E-state index < -0.39 is 10.8 Å². The molecule has 0 fully saturated rings. The number of nitrogens with zero attached hydrogens (tertiary/aromatic N) is 2. The SMILES string of the molecule is c1ccc(-c2ccc3c4c2-c2ccc(N(c5ccc6c(c5)C(c5ccccc5)(c5ccccc5)c5ccccc5-6)c5cccc6c5oc5ccccc56)cc2C4(c2ccccc2)c2ccccc2N3c2ccccc2)cc1. The van der Waals surface area contributed by atoms with Crippen molar-refractivity contribution in [3.05, 3.63) is 336 Å². The maximum absolute atomic E-state index is 7.05. The first kappa shape index (κ1) is 43.4. The first-order valence-corrected chi connectivity index (χ1v) is 26.7. The summed E-state index contributed by atoms with van der Waals surface area (Å²) in [5.74, 6) is 0. The highest BCUT2D eigenvalue weighted by Gasteiger charge is 2.54. The highest BCUT2D eigenvalue weighted by Crippen LogP contribution is 2.67. The second kappa shape index (κ2) is 16.8. The average molecular weight is 981 g/mol. The molecular weight excluding hydrogens is 933 g/mol. The van der Waals surface area contributed by atoms with Gasteiger partial charge in [-0.05, 0) is 133 Å². The second-order valence-corrected chi connectivity index (χ2v) is 20.6. The van der Waals surface area contributed by atoms with Gasteiger partial charge in [-0.3, -0.25) is 0 Å². The maximum atomic E-state index is 7.05. The lowest BCUT2D eigenvalue weighted by molar-refractivity contribution is 0.669. The molecule has 3 nitrogen and oxygen atoms in total. The Labute approximate surface area is 447 Å². The summed E-state index contributed by atoms with van der Waals surface area (Å²) < 4.78 is 7.05. The molecule has 12 aromatic carbocycles. The molecule has 1 aromatic heterocycles. The van der Waals surface area contributed by atoms with Crippen LogP contribution in [0.2, 0.25) is 0 Å². The minimum Gasteiger partial charge on any atom is -0.454 e. The van der Waals surface area contributed by atoms with Crippen LogP contribution < -0.4 is 9.80 Å². The smallest absolute Gasteiger partial charge is 0.159 e. The number of anilines is 6. The largest absolute Gasteiger partial charge is 0.454 e. The highest BCUT2D eigenvalue weighted by molar-refractivity contribution is 6.11. The van der Waals surface area contributed by atoms with E-state index in [9.17, 15) is 0 Å². The summed E-state index contributed by atoms with van der Waals surface area (Å²) >= 11 is 0. The summed E-state index contributed by atoms with van der Waals surface area (Å²) in [5.41, 5.74) is 24.2. The fraction of sp³-hybridized carbons (Fsp3) is 0.0270. The Morgan fingerprint density at radius 3 is 1.56 bits per heavy atom. The summed E-state index contributed by atoms with van der Waals surface area (Å²) in [6, 6.07) is 108. The summed E-state index contributed by atoms with van der Waals surface area (Å²) in [6.07, 6.45) is 0. The third-order valence-corrected chi connectivity index (χ3v) is 16.9. The fourth-order valence-corrected chi connectivity index (χ4v) is 13.9. The molecule has 13 aromatic rings. The number of fused-ring (bicyclic) bond motifs is 11. The maximum Gasteiger partial charge on any atom is 0.159 e. The van der Waals surface area contributed by atoms with E-state index in [1.165, 1.54) is 83.6 Å². The molecule has 0 saturated heterocycles. The van der Waals surface area contributed by atoms with Gasteiger partial charge in [0.25, 0.3) is 0 Å². The number of furan rings is 1. The molecule has 1 atom stereocenters.